The minimum Gasteiger partial charge on any atom is -0.315 e. The molecule has 1 aliphatic carbocycles. The largest absolute Gasteiger partial charge is 0.315 e. The van der Waals surface area contributed by atoms with Crippen LogP contribution in [0.1, 0.15) is 51.5 Å². The molecule has 0 saturated heterocycles. The molecule has 6 heteroatoms. The van der Waals surface area contributed by atoms with Gasteiger partial charge in [0.05, 0.1) is 4.90 Å². The van der Waals surface area contributed by atoms with Crippen LogP contribution in [-0.4, -0.2) is 27.4 Å². The highest BCUT2D eigenvalue weighted by atomic mass is 32.2. The van der Waals surface area contributed by atoms with E-state index in [1.807, 2.05) is 13.8 Å². The van der Waals surface area contributed by atoms with E-state index in [0.717, 1.165) is 36.9 Å². The van der Waals surface area contributed by atoms with Crippen molar-refractivity contribution in [3.63, 3.8) is 0 Å². The number of benzene rings is 1. The first kappa shape index (κ1) is 16.5. The Morgan fingerprint density at radius 1 is 1.22 bits per heavy atom. The lowest BCUT2D eigenvalue weighted by Crippen LogP contribution is -2.40. The quantitative estimate of drug-likeness (QED) is 0.922. The zero-order valence-corrected chi connectivity index (χ0v) is 14.7. The number of amides is 1. The molecule has 126 valence electrons. The van der Waals surface area contributed by atoms with Gasteiger partial charge in [0.25, 0.3) is 0 Å². The van der Waals surface area contributed by atoms with Gasteiger partial charge in [0.1, 0.15) is 0 Å². The molecule has 2 aliphatic rings. The number of carbonyl (C=O) groups excluding carboxylic acids is 1. The second-order valence-electron chi connectivity index (χ2n) is 7.30. The lowest BCUT2D eigenvalue weighted by Gasteiger charge is -2.37. The molecule has 0 atom stereocenters. The van der Waals surface area contributed by atoms with Gasteiger partial charge in [0.2, 0.25) is 15.9 Å². The van der Waals surface area contributed by atoms with Crippen molar-refractivity contribution in [3.8, 4) is 0 Å². The Bertz CT molecular complexity index is 734. The average molecular weight is 336 g/mol. The molecule has 1 fully saturated rings. The summed E-state index contributed by atoms with van der Waals surface area (Å²) in [7, 11) is -1.77. The van der Waals surface area contributed by atoms with Gasteiger partial charge in [-0.3, -0.25) is 4.79 Å². The summed E-state index contributed by atoms with van der Waals surface area (Å²) in [6.45, 7) is 3.97. The minimum absolute atomic E-state index is 0.0493. The van der Waals surface area contributed by atoms with Crippen LogP contribution >= 0.6 is 0 Å². The Kier molecular flexibility index (Phi) is 4.01. The van der Waals surface area contributed by atoms with Crippen LogP contribution in [0.3, 0.4) is 0 Å². The zero-order valence-electron chi connectivity index (χ0n) is 13.9. The molecule has 1 amide bonds. The van der Waals surface area contributed by atoms with Crippen molar-refractivity contribution in [3.05, 3.63) is 23.8 Å². The highest BCUT2D eigenvalue weighted by Crippen LogP contribution is 2.40. The Morgan fingerprint density at radius 2 is 1.87 bits per heavy atom. The standard InChI is InChI=1S/C17H24N2O3S/c1-17(2)11-16(20)19(3)15-9-8-13(10-14(15)17)23(21,22)18-12-6-4-5-7-12/h8-10,12,18H,4-7,11H2,1-3H3. The van der Waals surface area contributed by atoms with Crippen molar-refractivity contribution in [2.24, 2.45) is 0 Å². The molecule has 3 rings (SSSR count). The second kappa shape index (κ2) is 5.60. The number of nitrogens with one attached hydrogen (secondary N) is 1. The highest BCUT2D eigenvalue weighted by molar-refractivity contribution is 7.89. The number of rotatable bonds is 3. The number of fused-ring (bicyclic) bond motifs is 1. The van der Waals surface area contributed by atoms with Gasteiger partial charge in [-0.25, -0.2) is 13.1 Å². The smallest absolute Gasteiger partial charge is 0.240 e. The fourth-order valence-electron chi connectivity index (χ4n) is 3.57. The van der Waals surface area contributed by atoms with Crippen molar-refractivity contribution in [1.29, 1.82) is 0 Å². The maximum absolute atomic E-state index is 12.6. The van der Waals surface area contributed by atoms with Crippen LogP contribution in [-0.2, 0) is 20.2 Å². The van der Waals surface area contributed by atoms with Crippen molar-refractivity contribution in [1.82, 2.24) is 4.72 Å². The molecule has 1 saturated carbocycles. The van der Waals surface area contributed by atoms with E-state index >= 15 is 0 Å². The van der Waals surface area contributed by atoms with Crippen LogP contribution in [0.2, 0.25) is 0 Å². The molecule has 1 aromatic rings. The van der Waals surface area contributed by atoms with Crippen LogP contribution in [0.4, 0.5) is 5.69 Å². The molecule has 0 radical (unpaired) electrons. The Labute approximate surface area is 138 Å². The van der Waals surface area contributed by atoms with Crippen molar-refractivity contribution in [2.45, 2.75) is 62.3 Å². The van der Waals surface area contributed by atoms with Gasteiger partial charge in [-0.05, 0) is 36.6 Å². The van der Waals surface area contributed by atoms with Gasteiger partial charge >= 0.3 is 0 Å². The van der Waals surface area contributed by atoms with Crippen LogP contribution in [0.15, 0.2) is 23.1 Å². The van der Waals surface area contributed by atoms with Gasteiger partial charge in [-0.2, -0.15) is 0 Å². The van der Waals surface area contributed by atoms with Crippen molar-refractivity contribution in [2.75, 3.05) is 11.9 Å². The summed E-state index contributed by atoms with van der Waals surface area (Å²) in [5.74, 6) is 0.0576. The summed E-state index contributed by atoms with van der Waals surface area (Å²) >= 11 is 0. The number of hydrogen-bond donors (Lipinski definition) is 1. The van der Waals surface area contributed by atoms with Gasteiger partial charge in [-0.15, -0.1) is 0 Å². The van der Waals surface area contributed by atoms with Crippen LogP contribution in [0, 0.1) is 0 Å². The summed E-state index contributed by atoms with van der Waals surface area (Å²) in [6, 6.07) is 5.13. The molecule has 1 aliphatic heterocycles. The number of sulfonamides is 1. The van der Waals surface area contributed by atoms with E-state index in [9.17, 15) is 13.2 Å². The van der Waals surface area contributed by atoms with E-state index in [4.69, 9.17) is 0 Å². The first-order valence-corrected chi connectivity index (χ1v) is 9.62. The van der Waals surface area contributed by atoms with Crippen molar-refractivity contribution < 1.29 is 13.2 Å². The van der Waals surface area contributed by atoms with E-state index in [-0.39, 0.29) is 17.4 Å². The molecule has 0 aromatic heterocycles. The summed E-state index contributed by atoms with van der Waals surface area (Å²) in [5.41, 5.74) is 1.35. The summed E-state index contributed by atoms with van der Waals surface area (Å²) in [4.78, 5) is 14.0. The summed E-state index contributed by atoms with van der Waals surface area (Å²) in [5, 5.41) is 0. The summed E-state index contributed by atoms with van der Waals surface area (Å²) in [6.07, 6.45) is 4.37. The molecule has 0 bridgehead atoms. The second-order valence-corrected chi connectivity index (χ2v) is 9.01. The van der Waals surface area contributed by atoms with Gasteiger partial charge in [0.15, 0.2) is 0 Å². The third-order valence-electron chi connectivity index (χ3n) is 5.01. The zero-order chi connectivity index (χ0) is 16.8. The van der Waals surface area contributed by atoms with Crippen molar-refractivity contribution >= 4 is 21.6 Å². The Hall–Kier alpha value is -1.40. The fraction of sp³-hybridized carbons (Fsp3) is 0.588. The first-order valence-electron chi connectivity index (χ1n) is 8.14. The Balaban J connectivity index is 1.98. The van der Waals surface area contributed by atoms with Gasteiger partial charge < -0.3 is 4.90 Å². The van der Waals surface area contributed by atoms with E-state index < -0.39 is 10.0 Å². The fourth-order valence-corrected chi connectivity index (χ4v) is 4.91. The molecular formula is C17H24N2O3S. The number of nitrogens with zero attached hydrogens (tertiary/aromatic N) is 1. The molecular weight excluding hydrogens is 312 g/mol. The normalized spacial score (nSPS) is 21.5. The highest BCUT2D eigenvalue weighted by Gasteiger charge is 2.36. The molecule has 5 nitrogen and oxygen atoms in total. The van der Waals surface area contributed by atoms with Crippen LogP contribution < -0.4 is 9.62 Å². The number of carbonyl (C=O) groups is 1. The molecule has 0 unspecified atom stereocenters. The molecule has 1 heterocycles. The lowest BCUT2D eigenvalue weighted by molar-refractivity contribution is -0.119. The lowest BCUT2D eigenvalue weighted by atomic mass is 9.77. The molecule has 23 heavy (non-hydrogen) atoms. The minimum atomic E-state index is -3.51. The third kappa shape index (κ3) is 3.02. The molecule has 1 N–H and O–H groups in total. The molecule has 0 spiro atoms. The first-order chi connectivity index (χ1) is 10.7. The molecule has 1 aromatic carbocycles. The van der Waals surface area contributed by atoms with Crippen LogP contribution in [0.5, 0.6) is 0 Å². The van der Waals surface area contributed by atoms with E-state index in [0.29, 0.717) is 11.3 Å². The summed E-state index contributed by atoms with van der Waals surface area (Å²) < 4.78 is 28.1. The van der Waals surface area contributed by atoms with Crippen LogP contribution in [0.25, 0.3) is 0 Å². The SMILES string of the molecule is CN1C(=O)CC(C)(C)c2cc(S(=O)(=O)NC3CCCC3)ccc21. The third-order valence-corrected chi connectivity index (χ3v) is 6.53. The van der Waals surface area contributed by atoms with E-state index in [2.05, 4.69) is 4.72 Å². The Morgan fingerprint density at radius 3 is 2.52 bits per heavy atom. The maximum Gasteiger partial charge on any atom is 0.240 e. The average Bonchev–Trinajstić information content (AvgIpc) is 2.96. The van der Waals surface area contributed by atoms with Gasteiger partial charge in [-0.1, -0.05) is 26.7 Å². The predicted octanol–water partition coefficient (Wildman–Crippen LogP) is 2.55. The van der Waals surface area contributed by atoms with Gasteiger partial charge in [0, 0.05) is 30.6 Å². The van der Waals surface area contributed by atoms with E-state index in [1.165, 1.54) is 0 Å². The monoisotopic (exact) mass is 336 g/mol. The number of anilines is 1. The topological polar surface area (TPSA) is 66.5 Å². The predicted molar refractivity (Wildman–Crippen MR) is 90.1 cm³/mol. The number of hydrogen-bond acceptors (Lipinski definition) is 3. The maximum atomic E-state index is 12.6. The van der Waals surface area contributed by atoms with E-state index in [1.54, 1.807) is 30.1 Å².